The fourth-order valence-corrected chi connectivity index (χ4v) is 6.33. The number of hydrogen-bond donors (Lipinski definition) is 2. The molecule has 9 heteroatoms. The Labute approximate surface area is 168 Å². The van der Waals surface area contributed by atoms with Gasteiger partial charge in [-0.2, -0.15) is 0 Å². The fourth-order valence-electron chi connectivity index (χ4n) is 2.74. The van der Waals surface area contributed by atoms with Gasteiger partial charge in [0, 0.05) is 10.9 Å². The van der Waals surface area contributed by atoms with Crippen LogP contribution in [-0.2, 0) is 9.84 Å². The summed E-state index contributed by atoms with van der Waals surface area (Å²) < 4.78 is 23.2. The first-order chi connectivity index (χ1) is 12.2. The molecule has 1 aliphatic heterocycles. The van der Waals surface area contributed by atoms with Gasteiger partial charge in [-0.15, -0.1) is 22.9 Å². The highest BCUT2D eigenvalue weighted by molar-refractivity contribution is 7.91. The van der Waals surface area contributed by atoms with E-state index < -0.39 is 15.2 Å². The maximum atomic E-state index is 11.6. The molecule has 1 saturated heterocycles. The maximum absolute atomic E-state index is 11.6. The van der Waals surface area contributed by atoms with Gasteiger partial charge in [-0.05, 0) is 23.7 Å². The molecule has 0 spiro atoms. The van der Waals surface area contributed by atoms with Crippen LogP contribution in [-0.4, -0.2) is 41.4 Å². The van der Waals surface area contributed by atoms with Gasteiger partial charge in [-0.1, -0.05) is 38.1 Å². The van der Waals surface area contributed by atoms with E-state index in [0.29, 0.717) is 16.2 Å². The molecule has 2 atom stereocenters. The lowest BCUT2D eigenvalue weighted by atomic mass is 10.0. The number of nitrogens with one attached hydrogen (secondary N) is 2. The molecule has 0 radical (unpaired) electrons. The average molecular weight is 430 g/mol. The van der Waals surface area contributed by atoms with Crippen molar-refractivity contribution in [3.8, 4) is 11.3 Å². The predicted molar refractivity (Wildman–Crippen MR) is 113 cm³/mol. The Bertz CT molecular complexity index is 894. The number of rotatable bonds is 4. The molecule has 0 aliphatic carbocycles. The Kier molecular flexibility index (Phi) is 5.86. The van der Waals surface area contributed by atoms with Gasteiger partial charge in [0.15, 0.2) is 20.1 Å². The normalized spacial score (nSPS) is 21.7. The van der Waals surface area contributed by atoms with E-state index in [4.69, 9.17) is 23.8 Å². The van der Waals surface area contributed by atoms with E-state index in [1.807, 2.05) is 5.38 Å². The molecule has 1 fully saturated rings. The van der Waals surface area contributed by atoms with Crippen LogP contribution in [0.1, 0.15) is 25.3 Å². The van der Waals surface area contributed by atoms with Crippen LogP contribution in [0.15, 0.2) is 29.6 Å². The Hall–Kier alpha value is -1.22. The topological polar surface area (TPSA) is 71.1 Å². The van der Waals surface area contributed by atoms with Crippen LogP contribution in [0.4, 0.5) is 5.13 Å². The Morgan fingerprint density at radius 1 is 1.31 bits per heavy atom. The van der Waals surface area contributed by atoms with Crippen LogP contribution in [0.25, 0.3) is 11.3 Å². The highest BCUT2D eigenvalue weighted by atomic mass is 35.5. The second kappa shape index (κ2) is 7.80. The summed E-state index contributed by atoms with van der Waals surface area (Å²) in [5.41, 5.74) is 3.20. The zero-order valence-electron chi connectivity index (χ0n) is 14.4. The second-order valence-electron chi connectivity index (χ2n) is 6.61. The molecule has 1 aromatic carbocycles. The Morgan fingerprint density at radius 2 is 2.00 bits per heavy atom. The van der Waals surface area contributed by atoms with Crippen LogP contribution >= 0.6 is 35.2 Å². The largest absolute Gasteiger partial charge is 0.357 e. The van der Waals surface area contributed by atoms with Crippen molar-refractivity contribution in [2.75, 3.05) is 16.8 Å². The number of thiazole rings is 1. The molecule has 0 amide bonds. The molecule has 5 nitrogen and oxygen atoms in total. The lowest BCUT2D eigenvalue weighted by Crippen LogP contribution is -2.42. The van der Waals surface area contributed by atoms with E-state index in [2.05, 4.69) is 53.7 Å². The van der Waals surface area contributed by atoms with Crippen molar-refractivity contribution in [2.45, 2.75) is 31.2 Å². The molecule has 1 aliphatic rings. The highest BCUT2D eigenvalue weighted by Gasteiger charge is 2.36. The summed E-state index contributed by atoms with van der Waals surface area (Å²) in [5.74, 6) is 0.460. The average Bonchev–Trinajstić information content (AvgIpc) is 3.11. The predicted octanol–water partition coefficient (Wildman–Crippen LogP) is 3.62. The van der Waals surface area contributed by atoms with Crippen molar-refractivity contribution in [3.63, 3.8) is 0 Å². The molecule has 140 valence electrons. The summed E-state index contributed by atoms with van der Waals surface area (Å²) in [4.78, 5) is 4.55. The molecule has 0 saturated carbocycles. The van der Waals surface area contributed by atoms with Gasteiger partial charge >= 0.3 is 0 Å². The molecule has 0 bridgehead atoms. The standard InChI is InChI=1S/C17H20ClN3O2S3/c1-10(2)11-3-5-12(6-4-11)14-7-25-17(20-14)21-16(24)19-15-9-26(22,23)8-13(15)18/h3-7,10,13,15H,8-9H2,1-2H3,(H2,19,20,21,24)/t13-,15-/m1/s1. The summed E-state index contributed by atoms with van der Waals surface area (Å²) in [5, 5.41) is 8.44. The van der Waals surface area contributed by atoms with Crippen molar-refractivity contribution in [1.29, 1.82) is 0 Å². The van der Waals surface area contributed by atoms with Crippen LogP contribution in [0.5, 0.6) is 0 Å². The van der Waals surface area contributed by atoms with Crippen LogP contribution in [0, 0.1) is 0 Å². The molecule has 26 heavy (non-hydrogen) atoms. The minimum Gasteiger partial charge on any atom is -0.357 e. The minimum absolute atomic E-state index is 0.00565. The van der Waals surface area contributed by atoms with E-state index >= 15 is 0 Å². The van der Waals surface area contributed by atoms with E-state index in [0.717, 1.165) is 11.3 Å². The second-order valence-corrected chi connectivity index (χ2v) is 10.6. The van der Waals surface area contributed by atoms with Crippen LogP contribution in [0.3, 0.4) is 0 Å². The highest BCUT2D eigenvalue weighted by Crippen LogP contribution is 2.26. The van der Waals surface area contributed by atoms with Gasteiger partial charge in [0.05, 0.1) is 28.6 Å². The molecule has 2 aromatic rings. The van der Waals surface area contributed by atoms with Crippen LogP contribution in [0.2, 0.25) is 0 Å². The van der Waals surface area contributed by atoms with E-state index in [1.165, 1.54) is 16.9 Å². The van der Waals surface area contributed by atoms with E-state index in [1.54, 1.807) is 0 Å². The smallest absolute Gasteiger partial charge is 0.189 e. The van der Waals surface area contributed by atoms with Crippen molar-refractivity contribution in [2.24, 2.45) is 0 Å². The summed E-state index contributed by atoms with van der Waals surface area (Å²) >= 11 is 12.8. The summed E-state index contributed by atoms with van der Waals surface area (Å²) in [6.45, 7) is 4.32. The van der Waals surface area contributed by atoms with E-state index in [9.17, 15) is 8.42 Å². The SMILES string of the molecule is CC(C)c1ccc(-c2csc(NC(=S)N[C@@H]3CS(=O)(=O)C[C@H]3Cl)n2)cc1. The molecular weight excluding hydrogens is 410 g/mol. The third-order valence-corrected chi connectivity index (χ3v) is 7.55. The third-order valence-electron chi connectivity index (χ3n) is 4.20. The van der Waals surface area contributed by atoms with Gasteiger partial charge in [0.1, 0.15) is 0 Å². The van der Waals surface area contributed by atoms with Gasteiger partial charge in [0.25, 0.3) is 0 Å². The molecule has 2 heterocycles. The van der Waals surface area contributed by atoms with Crippen LogP contribution < -0.4 is 10.6 Å². The number of nitrogens with zero attached hydrogens (tertiary/aromatic N) is 1. The number of alkyl halides is 1. The zero-order valence-corrected chi connectivity index (χ0v) is 17.6. The molecule has 3 rings (SSSR count). The third kappa shape index (κ3) is 4.73. The van der Waals surface area contributed by atoms with Crippen molar-refractivity contribution < 1.29 is 8.42 Å². The Balaban J connectivity index is 1.62. The first-order valence-corrected chi connectivity index (χ1v) is 11.8. The molecular formula is C17H20ClN3O2S3. The lowest BCUT2D eigenvalue weighted by Gasteiger charge is -2.16. The maximum Gasteiger partial charge on any atom is 0.189 e. The first-order valence-electron chi connectivity index (χ1n) is 8.21. The fraction of sp³-hybridized carbons (Fsp3) is 0.412. The number of hydrogen-bond acceptors (Lipinski definition) is 5. The van der Waals surface area contributed by atoms with Gasteiger partial charge < -0.3 is 10.6 Å². The van der Waals surface area contributed by atoms with Crippen molar-refractivity contribution in [3.05, 3.63) is 35.2 Å². The number of halogens is 1. The summed E-state index contributed by atoms with van der Waals surface area (Å²) in [7, 11) is -3.10. The summed E-state index contributed by atoms with van der Waals surface area (Å²) in [6, 6.07) is 7.96. The minimum atomic E-state index is -3.10. The summed E-state index contributed by atoms with van der Waals surface area (Å²) in [6.07, 6.45) is 0. The number of benzene rings is 1. The number of aromatic nitrogens is 1. The number of anilines is 1. The van der Waals surface area contributed by atoms with Crippen molar-refractivity contribution >= 4 is 55.2 Å². The molecule has 1 aromatic heterocycles. The quantitative estimate of drug-likeness (QED) is 0.571. The Morgan fingerprint density at radius 3 is 2.58 bits per heavy atom. The zero-order chi connectivity index (χ0) is 18.9. The number of thiocarbonyl (C=S) groups is 1. The van der Waals surface area contributed by atoms with Gasteiger partial charge in [-0.25, -0.2) is 13.4 Å². The molecule has 0 unspecified atom stereocenters. The monoisotopic (exact) mass is 429 g/mol. The lowest BCUT2D eigenvalue weighted by molar-refractivity contribution is 0.600. The van der Waals surface area contributed by atoms with Crippen molar-refractivity contribution in [1.82, 2.24) is 10.3 Å². The number of sulfone groups is 1. The van der Waals surface area contributed by atoms with Gasteiger partial charge in [0.2, 0.25) is 0 Å². The van der Waals surface area contributed by atoms with E-state index in [-0.39, 0.29) is 17.5 Å². The van der Waals surface area contributed by atoms with Gasteiger partial charge in [-0.3, -0.25) is 0 Å². The molecule has 2 N–H and O–H groups in total. The first kappa shape index (κ1) is 19.5.